The summed E-state index contributed by atoms with van der Waals surface area (Å²) in [5.41, 5.74) is 5.52. The molecule has 0 atom stereocenters. The van der Waals surface area contributed by atoms with Crippen LogP contribution in [0.4, 0.5) is 0 Å². The minimum Gasteiger partial charge on any atom is -0.409 e. The van der Waals surface area contributed by atoms with Gasteiger partial charge in [0.05, 0.1) is 0 Å². The molecule has 0 aliphatic carbocycles. The average Bonchev–Trinajstić information content (AvgIpc) is 3.05. The van der Waals surface area contributed by atoms with Gasteiger partial charge in [-0.1, -0.05) is 5.16 Å². The third-order valence-electron chi connectivity index (χ3n) is 2.52. The number of hydrogen-bond donors (Lipinski definition) is 3. The number of H-pyrrole nitrogens is 1. The maximum absolute atomic E-state index is 11.3. The summed E-state index contributed by atoms with van der Waals surface area (Å²) in [7, 11) is 0. The van der Waals surface area contributed by atoms with Gasteiger partial charge >= 0.3 is 5.69 Å². The van der Waals surface area contributed by atoms with Crippen LogP contribution in [0.15, 0.2) is 34.7 Å². The first-order chi connectivity index (χ1) is 9.20. The number of fused-ring (bicyclic) bond motifs is 1. The van der Waals surface area contributed by atoms with E-state index in [-0.39, 0.29) is 17.3 Å². The zero-order valence-electron chi connectivity index (χ0n) is 9.43. The number of hydrogen-bond acceptors (Lipinski definition) is 6. The first kappa shape index (κ1) is 11.0. The standard InChI is InChI=1S/C9H8N8O2/c10-7(15-19)8-11-1-2-16(8)5-3-6-13-14-9(18)17(6)4-12-5/h1-4,19H,(H2,10,15)(H,14,18). The number of rotatable bonds is 2. The van der Waals surface area contributed by atoms with Gasteiger partial charge in [0.15, 0.2) is 11.5 Å². The zero-order chi connectivity index (χ0) is 13.4. The number of nitrogens with two attached hydrogens (primary N) is 1. The van der Waals surface area contributed by atoms with E-state index in [1.165, 1.54) is 21.5 Å². The molecule has 96 valence electrons. The maximum Gasteiger partial charge on any atom is 0.348 e. The van der Waals surface area contributed by atoms with Crippen molar-refractivity contribution in [1.82, 2.24) is 29.1 Å². The Kier molecular flexibility index (Phi) is 2.27. The Morgan fingerprint density at radius 3 is 3.11 bits per heavy atom. The van der Waals surface area contributed by atoms with Crippen molar-refractivity contribution in [2.24, 2.45) is 10.9 Å². The van der Waals surface area contributed by atoms with E-state index in [2.05, 4.69) is 25.3 Å². The molecule has 10 heteroatoms. The first-order valence-electron chi connectivity index (χ1n) is 5.15. The second kappa shape index (κ2) is 3.94. The van der Waals surface area contributed by atoms with Crippen LogP contribution in [-0.4, -0.2) is 40.2 Å². The second-order valence-electron chi connectivity index (χ2n) is 3.61. The summed E-state index contributed by atoms with van der Waals surface area (Å²) in [6, 6.07) is 1.56. The van der Waals surface area contributed by atoms with Gasteiger partial charge in [0.1, 0.15) is 12.1 Å². The van der Waals surface area contributed by atoms with Crippen molar-refractivity contribution in [3.63, 3.8) is 0 Å². The number of aromatic nitrogens is 6. The fraction of sp³-hybridized carbons (Fsp3) is 0. The maximum atomic E-state index is 11.3. The summed E-state index contributed by atoms with van der Waals surface area (Å²) in [6.45, 7) is 0. The van der Waals surface area contributed by atoms with Crippen LogP contribution in [0.3, 0.4) is 0 Å². The molecule has 0 radical (unpaired) electrons. The van der Waals surface area contributed by atoms with Crippen LogP contribution in [-0.2, 0) is 0 Å². The van der Waals surface area contributed by atoms with Gasteiger partial charge < -0.3 is 10.9 Å². The molecule has 0 aliphatic rings. The molecule has 3 aromatic rings. The van der Waals surface area contributed by atoms with Crippen molar-refractivity contribution in [3.8, 4) is 5.82 Å². The molecular weight excluding hydrogens is 252 g/mol. The largest absolute Gasteiger partial charge is 0.409 e. The molecular formula is C9H8N8O2. The quantitative estimate of drug-likeness (QED) is 0.226. The Morgan fingerprint density at radius 2 is 2.32 bits per heavy atom. The van der Waals surface area contributed by atoms with Crippen molar-refractivity contribution >= 4 is 11.5 Å². The van der Waals surface area contributed by atoms with Crippen LogP contribution in [0, 0.1) is 0 Å². The van der Waals surface area contributed by atoms with Gasteiger partial charge in [0, 0.05) is 18.5 Å². The normalized spacial score (nSPS) is 12.1. The van der Waals surface area contributed by atoms with Gasteiger partial charge in [0.25, 0.3) is 0 Å². The average molecular weight is 260 g/mol. The lowest BCUT2D eigenvalue weighted by atomic mass is 10.5. The van der Waals surface area contributed by atoms with Gasteiger partial charge in [-0.15, -0.1) is 0 Å². The van der Waals surface area contributed by atoms with Gasteiger partial charge in [-0.05, 0) is 0 Å². The van der Waals surface area contributed by atoms with Gasteiger partial charge in [0.2, 0.25) is 5.84 Å². The number of imidazole rings is 1. The highest BCUT2D eigenvalue weighted by molar-refractivity contribution is 5.94. The van der Waals surface area contributed by atoms with Crippen LogP contribution in [0.5, 0.6) is 0 Å². The minimum absolute atomic E-state index is 0.147. The van der Waals surface area contributed by atoms with Crippen LogP contribution in [0.1, 0.15) is 5.82 Å². The number of nitrogens with zero attached hydrogens (tertiary/aromatic N) is 6. The van der Waals surface area contributed by atoms with Gasteiger partial charge in [-0.2, -0.15) is 5.10 Å². The fourth-order valence-corrected chi connectivity index (χ4v) is 1.65. The summed E-state index contributed by atoms with van der Waals surface area (Å²) < 4.78 is 2.76. The topological polar surface area (TPSA) is 139 Å². The Balaban J connectivity index is 2.19. The zero-order valence-corrected chi connectivity index (χ0v) is 9.43. The van der Waals surface area contributed by atoms with E-state index >= 15 is 0 Å². The third kappa shape index (κ3) is 1.62. The van der Waals surface area contributed by atoms with Crippen molar-refractivity contribution in [2.75, 3.05) is 0 Å². The number of amidine groups is 1. The lowest BCUT2D eigenvalue weighted by Crippen LogP contribution is -2.19. The van der Waals surface area contributed by atoms with E-state index in [0.717, 1.165) is 0 Å². The van der Waals surface area contributed by atoms with Crippen LogP contribution in [0.25, 0.3) is 11.5 Å². The smallest absolute Gasteiger partial charge is 0.348 e. The molecule has 3 rings (SSSR count). The highest BCUT2D eigenvalue weighted by atomic mass is 16.4. The molecule has 0 saturated carbocycles. The van der Waals surface area contributed by atoms with Gasteiger partial charge in [-0.3, -0.25) is 4.57 Å². The Morgan fingerprint density at radius 1 is 1.47 bits per heavy atom. The van der Waals surface area contributed by atoms with Crippen molar-refractivity contribution < 1.29 is 5.21 Å². The Hall–Kier alpha value is -3.17. The minimum atomic E-state index is -0.378. The highest BCUT2D eigenvalue weighted by Crippen LogP contribution is 2.08. The van der Waals surface area contributed by atoms with Crippen molar-refractivity contribution in [3.05, 3.63) is 41.1 Å². The predicted octanol–water partition coefficient (Wildman–Crippen LogP) is -1.30. The van der Waals surface area contributed by atoms with Gasteiger partial charge in [-0.25, -0.2) is 24.3 Å². The summed E-state index contributed by atoms with van der Waals surface area (Å²) in [4.78, 5) is 19.4. The van der Waals surface area contributed by atoms with E-state index in [1.54, 1.807) is 12.3 Å². The molecule has 10 nitrogen and oxygen atoms in total. The lowest BCUT2D eigenvalue weighted by Gasteiger charge is -2.05. The molecule has 0 unspecified atom stereocenters. The molecule has 0 amide bonds. The molecule has 0 saturated heterocycles. The molecule has 3 aromatic heterocycles. The molecule has 0 spiro atoms. The number of aromatic amines is 1. The SMILES string of the molecule is NC(=NO)c1nccn1-c1cc2n[nH]c(=O)n2cn1. The summed E-state index contributed by atoms with van der Waals surface area (Å²) in [6.07, 6.45) is 4.40. The highest BCUT2D eigenvalue weighted by Gasteiger charge is 2.11. The van der Waals surface area contributed by atoms with E-state index in [0.29, 0.717) is 11.5 Å². The van der Waals surface area contributed by atoms with Crippen molar-refractivity contribution in [2.45, 2.75) is 0 Å². The number of oxime groups is 1. The first-order valence-corrected chi connectivity index (χ1v) is 5.15. The fourth-order valence-electron chi connectivity index (χ4n) is 1.65. The Bertz CT molecular complexity index is 826. The summed E-state index contributed by atoms with van der Waals surface area (Å²) in [5.74, 6) is 0.522. The lowest BCUT2D eigenvalue weighted by molar-refractivity contribution is 0.318. The molecule has 0 aliphatic heterocycles. The second-order valence-corrected chi connectivity index (χ2v) is 3.61. The van der Waals surface area contributed by atoms with E-state index in [4.69, 9.17) is 10.9 Å². The molecule has 3 heterocycles. The van der Waals surface area contributed by atoms with Crippen LogP contribution < -0.4 is 11.4 Å². The predicted molar refractivity (Wildman–Crippen MR) is 63.2 cm³/mol. The molecule has 19 heavy (non-hydrogen) atoms. The van der Waals surface area contributed by atoms with E-state index in [9.17, 15) is 4.79 Å². The monoisotopic (exact) mass is 260 g/mol. The van der Waals surface area contributed by atoms with Crippen LogP contribution >= 0.6 is 0 Å². The molecule has 0 bridgehead atoms. The van der Waals surface area contributed by atoms with Crippen LogP contribution in [0.2, 0.25) is 0 Å². The van der Waals surface area contributed by atoms with Crippen molar-refractivity contribution in [1.29, 1.82) is 0 Å². The number of nitrogens with one attached hydrogen (secondary N) is 1. The molecule has 0 fully saturated rings. The molecule has 0 aromatic carbocycles. The summed E-state index contributed by atoms with van der Waals surface area (Å²) in [5, 5.41) is 17.7. The summed E-state index contributed by atoms with van der Waals surface area (Å²) >= 11 is 0. The molecule has 4 N–H and O–H groups in total. The van der Waals surface area contributed by atoms with E-state index in [1.807, 2.05) is 0 Å². The Labute approximate surface area is 104 Å². The third-order valence-corrected chi connectivity index (χ3v) is 2.52. The van der Waals surface area contributed by atoms with E-state index < -0.39 is 0 Å².